The summed E-state index contributed by atoms with van der Waals surface area (Å²) >= 11 is 7.55. The zero-order valence-corrected chi connectivity index (χ0v) is 11.0. The Morgan fingerprint density at radius 2 is 2.29 bits per heavy atom. The van der Waals surface area contributed by atoms with E-state index in [-0.39, 0.29) is 0 Å². The van der Waals surface area contributed by atoms with Crippen LogP contribution >= 0.6 is 22.9 Å². The van der Waals surface area contributed by atoms with Crippen molar-refractivity contribution in [2.75, 3.05) is 0 Å². The molecule has 0 amide bonds. The smallest absolute Gasteiger partial charge is 0.0975 e. The Labute approximate surface area is 110 Å². The minimum Gasteiger partial charge on any atom is -0.246 e. The van der Waals surface area contributed by atoms with Crippen molar-refractivity contribution < 1.29 is 0 Å². The standard InChI is InChI=1S/C13H11ClN2S/c1-9-12(5-6-15)17-13(16-9)8-10-3-2-4-11(14)7-10/h2-4,7H,5,8H2,1H3. The number of aryl methyl sites for hydroxylation is 1. The number of aromatic nitrogens is 1. The lowest BCUT2D eigenvalue weighted by Gasteiger charge is -1.97. The fraction of sp³-hybridized carbons (Fsp3) is 0.231. The third kappa shape index (κ3) is 3.06. The second-order valence-corrected chi connectivity index (χ2v) is 5.36. The summed E-state index contributed by atoms with van der Waals surface area (Å²) in [5.74, 6) is 0. The van der Waals surface area contributed by atoms with Crippen molar-refractivity contribution in [3.8, 4) is 6.07 Å². The lowest BCUT2D eigenvalue weighted by Crippen LogP contribution is -1.86. The Morgan fingerprint density at radius 3 is 3.00 bits per heavy atom. The summed E-state index contributed by atoms with van der Waals surface area (Å²) in [5, 5.41) is 10.5. The van der Waals surface area contributed by atoms with Crippen LogP contribution in [0.5, 0.6) is 0 Å². The molecule has 0 bridgehead atoms. The fourth-order valence-electron chi connectivity index (χ4n) is 1.62. The summed E-state index contributed by atoms with van der Waals surface area (Å²) in [7, 11) is 0. The first-order chi connectivity index (χ1) is 8.19. The Hall–Kier alpha value is -1.37. The Balaban J connectivity index is 2.19. The van der Waals surface area contributed by atoms with Crippen molar-refractivity contribution in [1.82, 2.24) is 4.98 Å². The number of nitriles is 1. The van der Waals surface area contributed by atoms with Gasteiger partial charge in [0.1, 0.15) is 0 Å². The van der Waals surface area contributed by atoms with Gasteiger partial charge in [-0.2, -0.15) is 5.26 Å². The number of rotatable bonds is 3. The van der Waals surface area contributed by atoms with Gasteiger partial charge in [-0.25, -0.2) is 4.98 Å². The molecule has 0 radical (unpaired) electrons. The van der Waals surface area contributed by atoms with Crippen molar-refractivity contribution in [2.45, 2.75) is 19.8 Å². The lowest BCUT2D eigenvalue weighted by atomic mass is 10.2. The second kappa shape index (κ2) is 5.31. The maximum atomic E-state index is 8.69. The number of hydrogen-bond donors (Lipinski definition) is 0. The van der Waals surface area contributed by atoms with Crippen LogP contribution in [0.4, 0.5) is 0 Å². The molecule has 0 saturated carbocycles. The highest BCUT2D eigenvalue weighted by Crippen LogP contribution is 2.22. The van der Waals surface area contributed by atoms with E-state index in [1.165, 1.54) is 0 Å². The molecular formula is C13H11ClN2S. The van der Waals surface area contributed by atoms with Crippen LogP contribution in [0.25, 0.3) is 0 Å². The van der Waals surface area contributed by atoms with Crippen molar-refractivity contribution in [3.63, 3.8) is 0 Å². The number of nitrogens with zero attached hydrogens (tertiary/aromatic N) is 2. The van der Waals surface area contributed by atoms with Crippen molar-refractivity contribution in [1.29, 1.82) is 5.26 Å². The lowest BCUT2D eigenvalue weighted by molar-refractivity contribution is 1.09. The summed E-state index contributed by atoms with van der Waals surface area (Å²) in [4.78, 5) is 5.54. The molecule has 0 aliphatic heterocycles. The van der Waals surface area contributed by atoms with E-state index >= 15 is 0 Å². The SMILES string of the molecule is Cc1nc(Cc2cccc(Cl)c2)sc1CC#N. The van der Waals surface area contributed by atoms with E-state index in [0.717, 1.165) is 32.6 Å². The molecule has 2 rings (SSSR count). The van der Waals surface area contributed by atoms with Crippen LogP contribution in [0.15, 0.2) is 24.3 Å². The normalized spacial score (nSPS) is 10.2. The van der Waals surface area contributed by atoms with E-state index in [2.05, 4.69) is 11.1 Å². The molecule has 0 saturated heterocycles. The van der Waals surface area contributed by atoms with Crippen molar-refractivity contribution in [2.24, 2.45) is 0 Å². The monoisotopic (exact) mass is 262 g/mol. The molecule has 86 valence electrons. The largest absolute Gasteiger partial charge is 0.246 e. The average Bonchev–Trinajstić information content (AvgIpc) is 2.60. The predicted octanol–water partition coefficient (Wildman–Crippen LogP) is 3.76. The molecule has 2 nitrogen and oxygen atoms in total. The molecule has 4 heteroatoms. The van der Waals surface area contributed by atoms with E-state index in [9.17, 15) is 0 Å². The van der Waals surface area contributed by atoms with Gasteiger partial charge in [0.2, 0.25) is 0 Å². The molecule has 17 heavy (non-hydrogen) atoms. The molecule has 0 N–H and O–H groups in total. The summed E-state index contributed by atoms with van der Waals surface area (Å²) in [6.07, 6.45) is 1.22. The molecule has 0 unspecified atom stereocenters. The van der Waals surface area contributed by atoms with E-state index in [1.807, 2.05) is 31.2 Å². The van der Waals surface area contributed by atoms with Crippen LogP contribution in [0.1, 0.15) is 21.1 Å². The zero-order valence-electron chi connectivity index (χ0n) is 9.40. The third-order valence-corrected chi connectivity index (χ3v) is 3.81. The zero-order chi connectivity index (χ0) is 12.3. The van der Waals surface area contributed by atoms with Gasteiger partial charge < -0.3 is 0 Å². The van der Waals surface area contributed by atoms with E-state index < -0.39 is 0 Å². The van der Waals surface area contributed by atoms with Crippen LogP contribution in [0.3, 0.4) is 0 Å². The molecule has 1 aromatic heterocycles. The number of thiazole rings is 1. The van der Waals surface area contributed by atoms with Gasteiger partial charge in [-0.1, -0.05) is 23.7 Å². The molecular weight excluding hydrogens is 252 g/mol. The van der Waals surface area contributed by atoms with Gasteiger partial charge in [-0.15, -0.1) is 11.3 Å². The van der Waals surface area contributed by atoms with Gasteiger partial charge >= 0.3 is 0 Å². The Morgan fingerprint density at radius 1 is 1.47 bits per heavy atom. The molecule has 2 aromatic rings. The minimum atomic E-state index is 0.443. The first-order valence-electron chi connectivity index (χ1n) is 5.25. The molecule has 0 spiro atoms. The number of benzene rings is 1. The highest BCUT2D eigenvalue weighted by atomic mass is 35.5. The summed E-state index contributed by atoms with van der Waals surface area (Å²) < 4.78 is 0. The highest BCUT2D eigenvalue weighted by molar-refractivity contribution is 7.11. The van der Waals surface area contributed by atoms with Gasteiger partial charge in [0.25, 0.3) is 0 Å². The van der Waals surface area contributed by atoms with Gasteiger partial charge in [-0.05, 0) is 24.6 Å². The molecule has 1 heterocycles. The molecule has 0 fully saturated rings. The Bertz CT molecular complexity index is 569. The van der Waals surface area contributed by atoms with Crippen molar-refractivity contribution in [3.05, 3.63) is 50.4 Å². The van der Waals surface area contributed by atoms with Crippen LogP contribution in [-0.2, 0) is 12.8 Å². The van der Waals surface area contributed by atoms with E-state index in [0.29, 0.717) is 6.42 Å². The van der Waals surface area contributed by atoms with Crippen LogP contribution in [0, 0.1) is 18.3 Å². The van der Waals surface area contributed by atoms with Gasteiger partial charge in [-0.3, -0.25) is 0 Å². The fourth-order valence-corrected chi connectivity index (χ4v) is 2.87. The number of halogens is 1. The quantitative estimate of drug-likeness (QED) is 0.844. The molecule has 0 aliphatic carbocycles. The second-order valence-electron chi connectivity index (χ2n) is 3.76. The average molecular weight is 263 g/mol. The van der Waals surface area contributed by atoms with Crippen LogP contribution in [0.2, 0.25) is 5.02 Å². The first-order valence-corrected chi connectivity index (χ1v) is 6.45. The maximum Gasteiger partial charge on any atom is 0.0975 e. The first kappa shape index (κ1) is 12.1. The summed E-state index contributed by atoms with van der Waals surface area (Å²) in [6.45, 7) is 1.95. The number of hydrogen-bond acceptors (Lipinski definition) is 3. The van der Waals surface area contributed by atoms with Gasteiger partial charge in [0.05, 0.1) is 23.2 Å². The third-order valence-electron chi connectivity index (χ3n) is 2.42. The molecule has 0 atom stereocenters. The highest BCUT2D eigenvalue weighted by Gasteiger charge is 2.07. The maximum absolute atomic E-state index is 8.69. The molecule has 1 aromatic carbocycles. The van der Waals surface area contributed by atoms with Gasteiger partial charge in [0, 0.05) is 16.3 Å². The minimum absolute atomic E-state index is 0.443. The summed E-state index contributed by atoms with van der Waals surface area (Å²) in [5.41, 5.74) is 2.11. The van der Waals surface area contributed by atoms with E-state index in [1.54, 1.807) is 11.3 Å². The Kier molecular flexibility index (Phi) is 3.78. The van der Waals surface area contributed by atoms with E-state index in [4.69, 9.17) is 16.9 Å². The van der Waals surface area contributed by atoms with Crippen LogP contribution < -0.4 is 0 Å². The predicted molar refractivity (Wildman–Crippen MR) is 70.4 cm³/mol. The van der Waals surface area contributed by atoms with Crippen LogP contribution in [-0.4, -0.2) is 4.98 Å². The summed E-state index contributed by atoms with van der Waals surface area (Å²) in [6, 6.07) is 9.94. The molecule has 0 aliphatic rings. The van der Waals surface area contributed by atoms with Gasteiger partial charge in [0.15, 0.2) is 0 Å². The van der Waals surface area contributed by atoms with Crippen molar-refractivity contribution >= 4 is 22.9 Å². The topological polar surface area (TPSA) is 36.7 Å².